The number of para-hydroxylation sites is 1. The fourth-order valence-electron chi connectivity index (χ4n) is 7.90. The van der Waals surface area contributed by atoms with Gasteiger partial charge in [0.2, 0.25) is 0 Å². The molecule has 0 unspecified atom stereocenters. The summed E-state index contributed by atoms with van der Waals surface area (Å²) >= 11 is 1.86. The zero-order valence-electron chi connectivity index (χ0n) is 30.1. The van der Waals surface area contributed by atoms with Crippen molar-refractivity contribution in [1.82, 2.24) is 15.0 Å². The zero-order valence-corrected chi connectivity index (χ0v) is 30.9. The fraction of sp³-hybridized carbons (Fsp3) is 0. The highest BCUT2D eigenvalue weighted by Gasteiger charge is 2.20. The van der Waals surface area contributed by atoms with Crippen molar-refractivity contribution in [3.8, 4) is 67.3 Å². The number of hydrogen-bond acceptors (Lipinski definition) is 5. The highest BCUT2D eigenvalue weighted by atomic mass is 32.1. The van der Waals surface area contributed by atoms with Gasteiger partial charge in [0.25, 0.3) is 0 Å². The topological polar surface area (TPSA) is 51.8 Å². The van der Waals surface area contributed by atoms with Crippen molar-refractivity contribution in [3.05, 3.63) is 188 Å². The average molecular weight is 734 g/mol. The van der Waals surface area contributed by atoms with E-state index in [2.05, 4.69) is 145 Å². The highest BCUT2D eigenvalue weighted by molar-refractivity contribution is 7.26. The molecule has 0 saturated heterocycles. The molecule has 262 valence electrons. The Morgan fingerprint density at radius 3 is 1.79 bits per heavy atom. The van der Waals surface area contributed by atoms with Gasteiger partial charge in [0.05, 0.1) is 11.4 Å². The van der Waals surface area contributed by atoms with E-state index in [1.54, 1.807) is 0 Å². The minimum atomic E-state index is 0.689. The second kappa shape index (κ2) is 13.3. The third-order valence-electron chi connectivity index (χ3n) is 10.7. The maximum absolute atomic E-state index is 6.73. The normalized spacial score (nSPS) is 11.6. The van der Waals surface area contributed by atoms with E-state index in [4.69, 9.17) is 14.4 Å². The minimum absolute atomic E-state index is 0.689. The number of pyridine rings is 1. The molecule has 56 heavy (non-hydrogen) atoms. The summed E-state index contributed by atoms with van der Waals surface area (Å²) < 4.78 is 9.32. The Labute approximate surface area is 327 Å². The Kier molecular flexibility index (Phi) is 7.64. The van der Waals surface area contributed by atoms with Gasteiger partial charge in [-0.2, -0.15) is 0 Å². The van der Waals surface area contributed by atoms with Crippen molar-refractivity contribution in [2.24, 2.45) is 0 Å². The van der Waals surface area contributed by atoms with Crippen LogP contribution in [0.15, 0.2) is 193 Å². The van der Waals surface area contributed by atoms with E-state index in [-0.39, 0.29) is 0 Å². The van der Waals surface area contributed by atoms with Gasteiger partial charge in [-0.15, -0.1) is 11.3 Å². The molecule has 0 bridgehead atoms. The SMILES string of the molecule is c1ccc(-c2nc(-c3ccc(-c4ccncc4)cc3)cc(-c3ccc(-c4ccc(-c5cccc6c5sc5ccccc56)c5c4oc4ccccc45)cc3)n2)cc1. The van der Waals surface area contributed by atoms with Crippen molar-refractivity contribution in [2.75, 3.05) is 0 Å². The smallest absolute Gasteiger partial charge is 0.160 e. The number of hydrogen-bond donors (Lipinski definition) is 0. The van der Waals surface area contributed by atoms with E-state index in [1.165, 1.54) is 31.3 Å². The lowest BCUT2D eigenvalue weighted by Crippen LogP contribution is -1.96. The summed E-state index contributed by atoms with van der Waals surface area (Å²) in [7, 11) is 0. The van der Waals surface area contributed by atoms with E-state index < -0.39 is 0 Å². The third-order valence-corrected chi connectivity index (χ3v) is 11.9. The molecule has 0 atom stereocenters. The number of nitrogens with zero attached hydrogens (tertiary/aromatic N) is 3. The van der Waals surface area contributed by atoms with Crippen LogP contribution in [0.25, 0.3) is 109 Å². The van der Waals surface area contributed by atoms with E-state index in [9.17, 15) is 0 Å². The van der Waals surface area contributed by atoms with Crippen molar-refractivity contribution in [3.63, 3.8) is 0 Å². The van der Waals surface area contributed by atoms with Crippen molar-refractivity contribution >= 4 is 53.4 Å². The van der Waals surface area contributed by atoms with Crippen LogP contribution in [0.5, 0.6) is 0 Å². The lowest BCUT2D eigenvalue weighted by Gasteiger charge is -2.12. The van der Waals surface area contributed by atoms with Gasteiger partial charge in [-0.1, -0.05) is 140 Å². The summed E-state index contributed by atoms with van der Waals surface area (Å²) in [5, 5.41) is 4.83. The molecule has 5 heteroatoms. The van der Waals surface area contributed by atoms with Gasteiger partial charge >= 0.3 is 0 Å². The van der Waals surface area contributed by atoms with Crippen LogP contribution in [0.1, 0.15) is 0 Å². The third kappa shape index (κ3) is 5.48. The summed E-state index contributed by atoms with van der Waals surface area (Å²) in [6.07, 6.45) is 3.64. The quantitative estimate of drug-likeness (QED) is 0.171. The summed E-state index contributed by atoms with van der Waals surface area (Å²) in [5.74, 6) is 0.689. The average Bonchev–Trinajstić information content (AvgIpc) is 3.86. The first-order chi connectivity index (χ1) is 27.7. The molecule has 11 aromatic rings. The number of rotatable bonds is 6. The molecular weight excluding hydrogens is 703 g/mol. The molecule has 11 rings (SSSR count). The Bertz CT molecular complexity index is 3220. The van der Waals surface area contributed by atoms with Crippen LogP contribution in [-0.4, -0.2) is 15.0 Å². The molecule has 4 nitrogen and oxygen atoms in total. The van der Waals surface area contributed by atoms with Gasteiger partial charge in [-0.25, -0.2) is 9.97 Å². The van der Waals surface area contributed by atoms with E-state index in [0.29, 0.717) is 5.82 Å². The van der Waals surface area contributed by atoms with Crippen molar-refractivity contribution in [2.45, 2.75) is 0 Å². The van der Waals surface area contributed by atoms with E-state index in [0.717, 1.165) is 72.3 Å². The van der Waals surface area contributed by atoms with Crippen LogP contribution in [0, 0.1) is 0 Å². The Morgan fingerprint density at radius 1 is 0.411 bits per heavy atom. The molecule has 0 radical (unpaired) electrons. The first-order valence-corrected chi connectivity index (χ1v) is 19.5. The Hall–Kier alpha value is -7.21. The lowest BCUT2D eigenvalue weighted by molar-refractivity contribution is 0.670. The van der Waals surface area contributed by atoms with Gasteiger partial charge in [-0.3, -0.25) is 4.98 Å². The van der Waals surface area contributed by atoms with Gasteiger partial charge < -0.3 is 4.42 Å². The molecule has 0 aliphatic rings. The predicted octanol–water partition coefficient (Wildman–Crippen LogP) is 14.1. The fourth-order valence-corrected chi connectivity index (χ4v) is 9.13. The number of fused-ring (bicyclic) bond motifs is 6. The molecule has 7 aromatic carbocycles. The molecule has 0 aliphatic carbocycles. The predicted molar refractivity (Wildman–Crippen MR) is 233 cm³/mol. The van der Waals surface area contributed by atoms with Gasteiger partial charge in [0, 0.05) is 71.2 Å². The summed E-state index contributed by atoms with van der Waals surface area (Å²) in [6.45, 7) is 0. The molecule has 4 heterocycles. The number of aromatic nitrogens is 3. The Balaban J connectivity index is 1.02. The molecule has 0 saturated carbocycles. The lowest BCUT2D eigenvalue weighted by atomic mass is 9.93. The molecule has 0 aliphatic heterocycles. The highest BCUT2D eigenvalue weighted by Crippen LogP contribution is 2.46. The van der Waals surface area contributed by atoms with Crippen LogP contribution < -0.4 is 0 Å². The molecule has 0 amide bonds. The number of thiophene rings is 1. The molecule has 0 spiro atoms. The number of benzene rings is 7. The maximum Gasteiger partial charge on any atom is 0.160 e. The first kappa shape index (κ1) is 32.2. The maximum atomic E-state index is 6.73. The first-order valence-electron chi connectivity index (χ1n) is 18.7. The standard InChI is InChI=1S/C51H31N3OS/c1-2-9-37(10-3-1)51-53-44(35-21-17-32(18-22-35)33-27-29-52-30-28-33)31-45(54-51)36-23-19-34(20-24-36)38-25-26-40(48-43-12-4-6-15-46(43)55-49(38)48)42-14-8-13-41-39-11-5-7-16-47(39)56-50(41)42/h1-31H. The van der Waals surface area contributed by atoms with Gasteiger partial charge in [0.1, 0.15) is 11.2 Å². The molecule has 4 aromatic heterocycles. The second-order valence-corrected chi connectivity index (χ2v) is 15.0. The minimum Gasteiger partial charge on any atom is -0.455 e. The van der Waals surface area contributed by atoms with Crippen LogP contribution >= 0.6 is 11.3 Å². The van der Waals surface area contributed by atoms with Gasteiger partial charge in [0.15, 0.2) is 5.82 Å². The second-order valence-electron chi connectivity index (χ2n) is 14.0. The summed E-state index contributed by atoms with van der Waals surface area (Å²) in [4.78, 5) is 14.3. The molecule has 0 N–H and O–H groups in total. The molecular formula is C51H31N3OS. The van der Waals surface area contributed by atoms with Crippen LogP contribution in [0.3, 0.4) is 0 Å². The van der Waals surface area contributed by atoms with Crippen LogP contribution in [-0.2, 0) is 0 Å². The monoisotopic (exact) mass is 733 g/mol. The summed E-state index contributed by atoms with van der Waals surface area (Å²) in [5.41, 5.74) is 13.3. The zero-order chi connectivity index (χ0) is 37.0. The number of furan rings is 1. The summed E-state index contributed by atoms with van der Waals surface area (Å²) in [6, 6.07) is 61.7. The largest absolute Gasteiger partial charge is 0.455 e. The van der Waals surface area contributed by atoms with Crippen molar-refractivity contribution in [1.29, 1.82) is 0 Å². The van der Waals surface area contributed by atoms with Crippen LogP contribution in [0.2, 0.25) is 0 Å². The Morgan fingerprint density at radius 2 is 1.02 bits per heavy atom. The van der Waals surface area contributed by atoms with E-state index in [1.807, 2.05) is 60.1 Å². The van der Waals surface area contributed by atoms with Crippen molar-refractivity contribution < 1.29 is 4.42 Å². The molecule has 0 fully saturated rings. The van der Waals surface area contributed by atoms with Crippen LogP contribution in [0.4, 0.5) is 0 Å². The van der Waals surface area contributed by atoms with E-state index >= 15 is 0 Å². The van der Waals surface area contributed by atoms with Gasteiger partial charge in [-0.05, 0) is 58.7 Å².